The van der Waals surface area contributed by atoms with Gasteiger partial charge >= 0.3 is 0 Å². The van der Waals surface area contributed by atoms with Gasteiger partial charge in [0.2, 0.25) is 5.13 Å². The number of rotatable bonds is 3. The van der Waals surface area contributed by atoms with Gasteiger partial charge in [0.25, 0.3) is 5.91 Å². The minimum Gasteiger partial charge on any atom is -0.383 e. The zero-order chi connectivity index (χ0) is 13.2. The van der Waals surface area contributed by atoms with Crippen LogP contribution in [0.4, 0.5) is 10.9 Å². The van der Waals surface area contributed by atoms with Crippen LogP contribution in [-0.4, -0.2) is 32.9 Å². The van der Waals surface area contributed by atoms with Gasteiger partial charge in [0.05, 0.1) is 6.20 Å². The average Bonchev–Trinajstić information content (AvgIpc) is 3.07. The number of aromatic amines is 1. The SMILES string of the molecule is Nc1[nH]ncc1C(=O)Nc1nnc(C2CCCO2)s1. The maximum absolute atomic E-state index is 11.9. The van der Waals surface area contributed by atoms with Crippen LogP contribution in [0.3, 0.4) is 0 Å². The van der Waals surface area contributed by atoms with E-state index in [1.54, 1.807) is 0 Å². The first-order valence-electron chi connectivity index (χ1n) is 5.79. The van der Waals surface area contributed by atoms with E-state index in [-0.39, 0.29) is 23.4 Å². The van der Waals surface area contributed by atoms with E-state index in [0.29, 0.717) is 5.13 Å². The molecule has 4 N–H and O–H groups in total. The number of aromatic nitrogens is 4. The second kappa shape index (κ2) is 4.94. The lowest BCUT2D eigenvalue weighted by Gasteiger charge is -2.02. The molecule has 8 nitrogen and oxygen atoms in total. The lowest BCUT2D eigenvalue weighted by molar-refractivity contribution is 0.102. The highest BCUT2D eigenvalue weighted by Gasteiger charge is 2.22. The molecule has 3 heterocycles. The second-order valence-electron chi connectivity index (χ2n) is 4.10. The number of anilines is 2. The van der Waals surface area contributed by atoms with E-state index in [1.165, 1.54) is 17.5 Å². The molecule has 1 atom stereocenters. The third kappa shape index (κ3) is 2.42. The third-order valence-electron chi connectivity index (χ3n) is 2.78. The first-order valence-corrected chi connectivity index (χ1v) is 6.61. The standard InChI is InChI=1S/C10H12N6O2S/c11-7-5(4-12-14-7)8(17)13-10-16-15-9(19-10)6-2-1-3-18-6/h4,6H,1-3H2,(H3,11,12,14)(H,13,16,17). The molecule has 0 aliphatic carbocycles. The zero-order valence-corrected chi connectivity index (χ0v) is 10.7. The molecule has 2 aromatic rings. The summed E-state index contributed by atoms with van der Waals surface area (Å²) in [4.78, 5) is 11.9. The Bertz CT molecular complexity index is 588. The maximum atomic E-state index is 11.9. The smallest absolute Gasteiger partial charge is 0.262 e. The number of nitrogens with two attached hydrogens (primary N) is 1. The van der Waals surface area contributed by atoms with Gasteiger partial charge in [0, 0.05) is 6.61 Å². The molecule has 0 aromatic carbocycles. The van der Waals surface area contributed by atoms with Crippen molar-refractivity contribution in [2.45, 2.75) is 18.9 Å². The molecular formula is C10H12N6O2S. The molecule has 0 saturated carbocycles. The van der Waals surface area contributed by atoms with Crippen molar-refractivity contribution in [3.63, 3.8) is 0 Å². The maximum Gasteiger partial charge on any atom is 0.262 e. The summed E-state index contributed by atoms with van der Waals surface area (Å²) in [6, 6.07) is 0. The van der Waals surface area contributed by atoms with E-state index in [1.807, 2.05) is 0 Å². The number of nitrogen functional groups attached to an aromatic ring is 1. The molecule has 1 amide bonds. The van der Waals surface area contributed by atoms with Gasteiger partial charge in [-0.15, -0.1) is 10.2 Å². The van der Waals surface area contributed by atoms with E-state index in [9.17, 15) is 4.79 Å². The predicted molar refractivity (Wildman–Crippen MR) is 68.8 cm³/mol. The quantitative estimate of drug-likeness (QED) is 0.770. The molecule has 0 bridgehead atoms. The highest BCUT2D eigenvalue weighted by atomic mass is 32.1. The van der Waals surface area contributed by atoms with Crippen molar-refractivity contribution in [2.75, 3.05) is 17.7 Å². The minimum absolute atomic E-state index is 0.00199. The molecule has 3 rings (SSSR count). The van der Waals surface area contributed by atoms with Crippen LogP contribution in [-0.2, 0) is 4.74 Å². The molecule has 0 spiro atoms. The summed E-state index contributed by atoms with van der Waals surface area (Å²) in [6.07, 6.45) is 3.34. The van der Waals surface area contributed by atoms with Crippen molar-refractivity contribution in [1.29, 1.82) is 0 Å². The number of ether oxygens (including phenoxy) is 1. The predicted octanol–water partition coefficient (Wildman–Crippen LogP) is 0.947. The van der Waals surface area contributed by atoms with Gasteiger partial charge in [0.1, 0.15) is 22.5 Å². The normalized spacial score (nSPS) is 18.6. The van der Waals surface area contributed by atoms with E-state index in [2.05, 4.69) is 25.7 Å². The largest absolute Gasteiger partial charge is 0.383 e. The Labute approximate surface area is 112 Å². The topological polar surface area (TPSA) is 119 Å². The van der Waals surface area contributed by atoms with Crippen LogP contribution >= 0.6 is 11.3 Å². The molecule has 2 aromatic heterocycles. The van der Waals surface area contributed by atoms with Crippen LogP contribution in [0.25, 0.3) is 0 Å². The fourth-order valence-corrected chi connectivity index (χ4v) is 2.65. The Kier molecular flexibility index (Phi) is 3.13. The highest BCUT2D eigenvalue weighted by Crippen LogP contribution is 2.32. The van der Waals surface area contributed by atoms with Crippen molar-refractivity contribution in [3.8, 4) is 0 Å². The van der Waals surface area contributed by atoms with Gasteiger partial charge in [-0.05, 0) is 12.8 Å². The number of H-pyrrole nitrogens is 1. The molecular weight excluding hydrogens is 268 g/mol. The third-order valence-corrected chi connectivity index (χ3v) is 3.71. The van der Waals surface area contributed by atoms with Gasteiger partial charge in [0.15, 0.2) is 0 Å². The molecule has 19 heavy (non-hydrogen) atoms. The molecule has 1 aliphatic rings. The Morgan fingerprint density at radius 3 is 3.16 bits per heavy atom. The van der Waals surface area contributed by atoms with Gasteiger partial charge in [-0.25, -0.2) is 0 Å². The van der Waals surface area contributed by atoms with Crippen molar-refractivity contribution in [3.05, 3.63) is 16.8 Å². The van der Waals surface area contributed by atoms with Crippen molar-refractivity contribution >= 4 is 28.2 Å². The van der Waals surface area contributed by atoms with Gasteiger partial charge < -0.3 is 10.5 Å². The number of hydrogen-bond acceptors (Lipinski definition) is 7. The number of amides is 1. The van der Waals surface area contributed by atoms with E-state index < -0.39 is 0 Å². The van der Waals surface area contributed by atoms with Crippen molar-refractivity contribution in [2.24, 2.45) is 0 Å². The molecule has 0 radical (unpaired) electrons. The molecule has 1 fully saturated rings. The van der Waals surface area contributed by atoms with Crippen molar-refractivity contribution < 1.29 is 9.53 Å². The Balaban J connectivity index is 1.70. The molecule has 1 saturated heterocycles. The fraction of sp³-hybridized carbons (Fsp3) is 0.400. The summed E-state index contributed by atoms with van der Waals surface area (Å²) in [7, 11) is 0. The average molecular weight is 280 g/mol. The summed E-state index contributed by atoms with van der Waals surface area (Å²) in [5.74, 6) is -0.136. The van der Waals surface area contributed by atoms with Crippen LogP contribution in [0.2, 0.25) is 0 Å². The number of carbonyl (C=O) groups excluding carboxylic acids is 1. The highest BCUT2D eigenvalue weighted by molar-refractivity contribution is 7.15. The summed E-state index contributed by atoms with van der Waals surface area (Å²) in [6.45, 7) is 0.748. The van der Waals surface area contributed by atoms with Crippen molar-refractivity contribution in [1.82, 2.24) is 20.4 Å². The lowest BCUT2D eigenvalue weighted by atomic mass is 10.2. The van der Waals surface area contributed by atoms with Gasteiger partial charge in [-0.2, -0.15) is 5.10 Å². The Hall–Kier alpha value is -2.00. The van der Waals surface area contributed by atoms with E-state index >= 15 is 0 Å². The summed E-state index contributed by atoms with van der Waals surface area (Å²) in [5, 5.41) is 18.0. The zero-order valence-electron chi connectivity index (χ0n) is 9.92. The number of nitrogens with zero attached hydrogens (tertiary/aromatic N) is 3. The van der Waals surface area contributed by atoms with Crippen LogP contribution in [0.15, 0.2) is 6.20 Å². The van der Waals surface area contributed by atoms with Gasteiger partial charge in [-0.3, -0.25) is 15.2 Å². The van der Waals surface area contributed by atoms with Crippen LogP contribution in [0, 0.1) is 0 Å². The summed E-state index contributed by atoms with van der Waals surface area (Å²) < 4.78 is 5.51. The van der Waals surface area contributed by atoms with E-state index in [0.717, 1.165) is 24.5 Å². The van der Waals surface area contributed by atoms with Crippen LogP contribution in [0.1, 0.15) is 34.3 Å². The number of carbonyl (C=O) groups is 1. The molecule has 9 heteroatoms. The molecule has 100 valence electrons. The Morgan fingerprint density at radius 1 is 1.58 bits per heavy atom. The number of nitrogens with one attached hydrogen (secondary N) is 2. The van der Waals surface area contributed by atoms with Crippen LogP contribution in [0.5, 0.6) is 0 Å². The fourth-order valence-electron chi connectivity index (χ4n) is 1.83. The lowest BCUT2D eigenvalue weighted by Crippen LogP contribution is -2.12. The minimum atomic E-state index is -0.360. The van der Waals surface area contributed by atoms with Crippen LogP contribution < -0.4 is 11.1 Å². The first-order chi connectivity index (χ1) is 9.24. The van der Waals surface area contributed by atoms with E-state index in [4.69, 9.17) is 10.5 Å². The second-order valence-corrected chi connectivity index (χ2v) is 5.11. The Morgan fingerprint density at radius 2 is 2.47 bits per heavy atom. The molecule has 1 unspecified atom stereocenters. The monoisotopic (exact) mass is 280 g/mol. The first kappa shape index (κ1) is 12.1. The van der Waals surface area contributed by atoms with Gasteiger partial charge in [-0.1, -0.05) is 11.3 Å². The summed E-state index contributed by atoms with van der Waals surface area (Å²) >= 11 is 1.31. The summed E-state index contributed by atoms with van der Waals surface area (Å²) in [5.41, 5.74) is 5.85. The molecule has 1 aliphatic heterocycles. The number of hydrogen-bond donors (Lipinski definition) is 3.